The topological polar surface area (TPSA) is 73.9 Å². The van der Waals surface area contributed by atoms with Gasteiger partial charge in [0.15, 0.2) is 17.1 Å². The minimum absolute atomic E-state index is 0.449. The third-order valence-corrected chi connectivity index (χ3v) is 2.68. The zero-order valence-corrected chi connectivity index (χ0v) is 12.4. The van der Waals surface area contributed by atoms with Gasteiger partial charge in [0, 0.05) is 20.0 Å². The molecule has 0 amide bonds. The fraction of sp³-hybridized carbons (Fsp3) is 0.286. The van der Waals surface area contributed by atoms with Crippen LogP contribution in [0.4, 0.5) is 23.2 Å². The Morgan fingerprint density at radius 3 is 2.29 bits per heavy atom. The molecule has 0 spiro atoms. The lowest BCUT2D eigenvalue weighted by Crippen LogP contribution is -2.42. The van der Waals surface area contributed by atoms with Gasteiger partial charge >= 0.3 is 18.3 Å². The summed E-state index contributed by atoms with van der Waals surface area (Å²) in [6, 6.07) is 2.94. The average molecular weight is 349 g/mol. The Morgan fingerprint density at radius 2 is 1.75 bits per heavy atom. The Kier molecular flexibility index (Phi) is 4.41. The number of rotatable bonds is 3. The highest BCUT2D eigenvalue weighted by molar-refractivity contribution is 6.15. The van der Waals surface area contributed by atoms with Gasteiger partial charge in [-0.25, -0.2) is 14.0 Å². The molecule has 0 aromatic heterocycles. The van der Waals surface area contributed by atoms with Gasteiger partial charge in [0.2, 0.25) is 0 Å². The van der Waals surface area contributed by atoms with Crippen molar-refractivity contribution < 1.29 is 41.4 Å². The molecule has 10 heteroatoms. The molecule has 1 aliphatic rings. The third kappa shape index (κ3) is 4.15. The Bertz CT molecular complexity index is 690. The summed E-state index contributed by atoms with van der Waals surface area (Å²) >= 11 is 0. The molecule has 1 saturated heterocycles. The summed E-state index contributed by atoms with van der Waals surface area (Å²) in [4.78, 5) is 23.4. The van der Waals surface area contributed by atoms with Crippen molar-refractivity contribution in [3.8, 4) is 5.75 Å². The molecule has 130 valence electrons. The number of anilines is 1. The first-order valence-corrected chi connectivity index (χ1v) is 6.46. The lowest BCUT2D eigenvalue weighted by atomic mass is 10.2. The lowest BCUT2D eigenvalue weighted by Gasteiger charge is -2.29. The van der Waals surface area contributed by atoms with E-state index >= 15 is 0 Å². The van der Waals surface area contributed by atoms with E-state index in [0.29, 0.717) is 0 Å². The van der Waals surface area contributed by atoms with Gasteiger partial charge in [-0.2, -0.15) is 0 Å². The molecule has 0 radical (unpaired) electrons. The highest BCUT2D eigenvalue weighted by atomic mass is 19.4. The number of carbonyl (C=O) groups excluding carboxylic acids is 2. The molecule has 0 bridgehead atoms. The second-order valence-corrected chi connectivity index (χ2v) is 5.05. The van der Waals surface area contributed by atoms with E-state index in [0.717, 1.165) is 24.4 Å². The van der Waals surface area contributed by atoms with Crippen LogP contribution in [0.5, 0.6) is 5.75 Å². The number of alkyl halides is 3. The summed E-state index contributed by atoms with van der Waals surface area (Å²) in [6.45, 7) is 2.68. The normalized spacial score (nSPS) is 17.0. The molecule has 0 atom stereocenters. The molecule has 24 heavy (non-hydrogen) atoms. The van der Waals surface area contributed by atoms with Crippen LogP contribution in [0.25, 0.3) is 0 Å². The first kappa shape index (κ1) is 17.6. The second kappa shape index (κ2) is 6.02. The molecule has 1 fully saturated rings. The van der Waals surface area contributed by atoms with Gasteiger partial charge in [-0.3, -0.25) is 0 Å². The molecular weight excluding hydrogens is 338 g/mol. The van der Waals surface area contributed by atoms with Crippen molar-refractivity contribution in [2.24, 2.45) is 0 Å². The summed E-state index contributed by atoms with van der Waals surface area (Å²) in [5, 5.41) is 2.21. The molecule has 1 heterocycles. The highest BCUT2D eigenvalue weighted by Gasteiger charge is 2.39. The molecule has 1 N–H and O–H groups in total. The largest absolute Gasteiger partial charge is 0.573 e. The first-order chi connectivity index (χ1) is 11.0. The fourth-order valence-corrected chi connectivity index (χ4v) is 1.75. The molecule has 6 nitrogen and oxygen atoms in total. The monoisotopic (exact) mass is 349 g/mol. The van der Waals surface area contributed by atoms with Crippen LogP contribution in [0.1, 0.15) is 13.8 Å². The summed E-state index contributed by atoms with van der Waals surface area (Å²) in [6.07, 6.45) is -4.30. The quantitative estimate of drug-likeness (QED) is 0.392. The fourth-order valence-electron chi connectivity index (χ4n) is 1.75. The van der Waals surface area contributed by atoms with Crippen LogP contribution in [0, 0.1) is 5.82 Å². The molecule has 2 rings (SSSR count). The van der Waals surface area contributed by atoms with E-state index in [4.69, 9.17) is 9.47 Å². The van der Waals surface area contributed by atoms with Gasteiger partial charge in [-0.05, 0) is 12.1 Å². The van der Waals surface area contributed by atoms with Crippen LogP contribution in [0.15, 0.2) is 30.0 Å². The molecular formula is C14H11F4NO5. The van der Waals surface area contributed by atoms with E-state index < -0.39 is 46.9 Å². The van der Waals surface area contributed by atoms with Crippen LogP contribution in [-0.4, -0.2) is 24.1 Å². The number of carbonyl (C=O) groups is 2. The third-order valence-electron chi connectivity index (χ3n) is 2.68. The number of halogens is 4. The zero-order chi connectivity index (χ0) is 18.1. The maximum absolute atomic E-state index is 13.9. The predicted molar refractivity (Wildman–Crippen MR) is 71.1 cm³/mol. The van der Waals surface area contributed by atoms with Crippen LogP contribution in [-0.2, 0) is 19.1 Å². The van der Waals surface area contributed by atoms with Gasteiger partial charge in [0.25, 0.3) is 5.79 Å². The van der Waals surface area contributed by atoms with Gasteiger partial charge in [-0.1, -0.05) is 6.07 Å². The Morgan fingerprint density at radius 1 is 1.17 bits per heavy atom. The smallest absolute Gasteiger partial charge is 0.419 e. The van der Waals surface area contributed by atoms with E-state index in [-0.39, 0.29) is 0 Å². The van der Waals surface area contributed by atoms with Gasteiger partial charge < -0.3 is 19.5 Å². The van der Waals surface area contributed by atoms with E-state index in [9.17, 15) is 27.2 Å². The number of benzene rings is 1. The van der Waals surface area contributed by atoms with Crippen molar-refractivity contribution in [2.75, 3.05) is 5.32 Å². The van der Waals surface area contributed by atoms with Crippen molar-refractivity contribution in [3.63, 3.8) is 0 Å². The Hall–Kier alpha value is -2.78. The van der Waals surface area contributed by atoms with Crippen molar-refractivity contribution in [1.82, 2.24) is 0 Å². The summed E-state index contributed by atoms with van der Waals surface area (Å²) in [7, 11) is 0. The number of nitrogens with one attached hydrogen (secondary N) is 1. The van der Waals surface area contributed by atoms with Crippen LogP contribution in [0.3, 0.4) is 0 Å². The van der Waals surface area contributed by atoms with Crippen LogP contribution < -0.4 is 10.1 Å². The van der Waals surface area contributed by atoms with Crippen molar-refractivity contribution >= 4 is 17.6 Å². The molecule has 1 aliphatic heterocycles. The zero-order valence-electron chi connectivity index (χ0n) is 12.4. The number of ether oxygens (including phenoxy) is 3. The van der Waals surface area contributed by atoms with Crippen molar-refractivity contribution in [3.05, 3.63) is 35.8 Å². The number of hydrogen-bond acceptors (Lipinski definition) is 6. The van der Waals surface area contributed by atoms with E-state index in [2.05, 4.69) is 10.1 Å². The highest BCUT2D eigenvalue weighted by Crippen LogP contribution is 2.30. The second-order valence-electron chi connectivity index (χ2n) is 5.05. The predicted octanol–water partition coefficient (Wildman–Crippen LogP) is 2.86. The summed E-state index contributed by atoms with van der Waals surface area (Å²) < 4.78 is 63.5. The van der Waals surface area contributed by atoms with Gasteiger partial charge in [0.1, 0.15) is 0 Å². The SMILES string of the molecule is CC1(C)OC(=O)C(=CNc2cccc(OC(F)(F)F)c2F)C(=O)O1. The van der Waals surface area contributed by atoms with Crippen LogP contribution >= 0.6 is 0 Å². The minimum atomic E-state index is -5.07. The summed E-state index contributed by atoms with van der Waals surface area (Å²) in [5.74, 6) is -5.92. The van der Waals surface area contributed by atoms with Crippen molar-refractivity contribution in [1.29, 1.82) is 0 Å². The van der Waals surface area contributed by atoms with E-state index in [1.165, 1.54) is 13.8 Å². The van der Waals surface area contributed by atoms with Gasteiger partial charge in [-0.15, -0.1) is 13.2 Å². The number of cyclic esters (lactones) is 2. The molecule has 0 saturated carbocycles. The minimum Gasteiger partial charge on any atom is -0.419 e. The first-order valence-electron chi connectivity index (χ1n) is 6.46. The Labute approximate surface area is 133 Å². The van der Waals surface area contributed by atoms with E-state index in [1.807, 2.05) is 0 Å². The molecule has 1 aromatic carbocycles. The number of esters is 2. The maximum atomic E-state index is 13.9. The molecule has 1 aromatic rings. The molecule has 0 unspecified atom stereocenters. The lowest BCUT2D eigenvalue weighted by molar-refractivity contribution is -0.275. The maximum Gasteiger partial charge on any atom is 0.573 e. The average Bonchev–Trinajstić information content (AvgIpc) is 2.38. The molecule has 0 aliphatic carbocycles. The number of hydrogen-bond donors (Lipinski definition) is 1. The van der Waals surface area contributed by atoms with Gasteiger partial charge in [0.05, 0.1) is 5.69 Å². The Balaban J connectivity index is 2.22. The van der Waals surface area contributed by atoms with Crippen LogP contribution in [0.2, 0.25) is 0 Å². The summed E-state index contributed by atoms with van der Waals surface area (Å²) in [5.41, 5.74) is -1.02. The van der Waals surface area contributed by atoms with E-state index in [1.54, 1.807) is 0 Å². The standard InChI is InChI=1S/C14H11F4NO5/c1-13(2)23-11(20)7(12(21)24-13)6-19-8-4-3-5-9(10(8)15)22-14(16,17)18/h3-6,19H,1-2H3. The van der Waals surface area contributed by atoms with Crippen molar-refractivity contribution in [2.45, 2.75) is 26.0 Å².